The average molecular weight is 247 g/mol. The van der Waals surface area contributed by atoms with Gasteiger partial charge < -0.3 is 9.84 Å². The minimum atomic E-state index is -0.189. The number of nitrogens with zero attached hydrogens (tertiary/aromatic N) is 1. The third-order valence-corrected chi connectivity index (χ3v) is 4.22. The van der Waals surface area contributed by atoms with Crippen LogP contribution >= 0.6 is 0 Å². The van der Waals surface area contributed by atoms with E-state index < -0.39 is 0 Å². The highest BCUT2D eigenvalue weighted by Crippen LogP contribution is 2.27. The summed E-state index contributed by atoms with van der Waals surface area (Å²) in [6.45, 7) is 2.71. The van der Waals surface area contributed by atoms with Gasteiger partial charge >= 0.3 is 0 Å². The van der Waals surface area contributed by atoms with Gasteiger partial charge in [-0.25, -0.2) is 0 Å². The lowest BCUT2D eigenvalue weighted by Crippen LogP contribution is -2.44. The normalized spacial score (nSPS) is 33.1. The Hall–Kier alpha value is -0.900. The predicted molar refractivity (Wildman–Crippen MR) is 70.5 cm³/mol. The first kappa shape index (κ1) is 12.2. The molecule has 0 amide bonds. The molecule has 0 bridgehead atoms. The fourth-order valence-corrected chi connectivity index (χ4v) is 3.21. The lowest BCUT2D eigenvalue weighted by atomic mass is 10.0. The molecule has 3 heteroatoms. The third kappa shape index (κ3) is 2.44. The molecule has 2 aliphatic rings. The molecular formula is C15H21NO2. The first-order valence-electron chi connectivity index (χ1n) is 6.90. The highest BCUT2D eigenvalue weighted by molar-refractivity contribution is 5.17. The van der Waals surface area contributed by atoms with Gasteiger partial charge in [0.05, 0.1) is 12.7 Å². The van der Waals surface area contributed by atoms with Crippen molar-refractivity contribution in [3.05, 3.63) is 35.9 Å². The predicted octanol–water partition coefficient (Wildman–Crippen LogP) is 1.45. The zero-order valence-electron chi connectivity index (χ0n) is 10.7. The van der Waals surface area contributed by atoms with Gasteiger partial charge in [0.15, 0.2) is 0 Å². The number of likely N-dealkylation sites (tertiary alicyclic amines) is 1. The Bertz CT molecular complexity index is 375. The Labute approximate surface area is 108 Å². The highest BCUT2D eigenvalue weighted by atomic mass is 16.5. The number of aliphatic hydroxyl groups is 1. The van der Waals surface area contributed by atoms with Crippen LogP contribution in [0.2, 0.25) is 0 Å². The molecule has 2 saturated heterocycles. The molecule has 1 aromatic rings. The third-order valence-electron chi connectivity index (χ3n) is 4.22. The smallest absolute Gasteiger partial charge is 0.0710 e. The molecule has 18 heavy (non-hydrogen) atoms. The number of hydrogen-bond donors (Lipinski definition) is 1. The van der Waals surface area contributed by atoms with Crippen molar-refractivity contribution in [2.75, 3.05) is 19.8 Å². The highest BCUT2D eigenvalue weighted by Gasteiger charge is 2.38. The van der Waals surface area contributed by atoms with Crippen LogP contribution < -0.4 is 0 Å². The van der Waals surface area contributed by atoms with Crippen molar-refractivity contribution >= 4 is 0 Å². The van der Waals surface area contributed by atoms with Crippen LogP contribution in [0.15, 0.2) is 30.3 Å². The Morgan fingerprint density at radius 2 is 2.06 bits per heavy atom. The SMILES string of the molecule is O[C@H]1CCN([C@H]2CCOC2)[C@H]1Cc1ccccc1. The molecular weight excluding hydrogens is 226 g/mol. The van der Waals surface area contributed by atoms with Crippen LogP contribution in [0.4, 0.5) is 0 Å². The molecule has 2 fully saturated rings. The topological polar surface area (TPSA) is 32.7 Å². The second-order valence-corrected chi connectivity index (χ2v) is 5.37. The van der Waals surface area contributed by atoms with E-state index in [0.717, 1.165) is 39.0 Å². The zero-order chi connectivity index (χ0) is 12.4. The van der Waals surface area contributed by atoms with Crippen molar-refractivity contribution in [3.63, 3.8) is 0 Å². The molecule has 0 aromatic heterocycles. The Morgan fingerprint density at radius 3 is 2.78 bits per heavy atom. The van der Waals surface area contributed by atoms with E-state index in [4.69, 9.17) is 4.74 Å². The van der Waals surface area contributed by atoms with Crippen LogP contribution in [0.1, 0.15) is 18.4 Å². The molecule has 1 aromatic carbocycles. The van der Waals surface area contributed by atoms with E-state index in [-0.39, 0.29) is 12.1 Å². The minimum absolute atomic E-state index is 0.189. The second-order valence-electron chi connectivity index (χ2n) is 5.37. The van der Waals surface area contributed by atoms with E-state index >= 15 is 0 Å². The lowest BCUT2D eigenvalue weighted by molar-refractivity contribution is 0.0833. The second kappa shape index (κ2) is 5.39. The summed E-state index contributed by atoms with van der Waals surface area (Å²) in [5.41, 5.74) is 1.31. The van der Waals surface area contributed by atoms with Crippen molar-refractivity contribution in [1.82, 2.24) is 4.90 Å². The van der Waals surface area contributed by atoms with Crippen LogP contribution in [-0.2, 0) is 11.2 Å². The van der Waals surface area contributed by atoms with Crippen molar-refractivity contribution in [1.29, 1.82) is 0 Å². The van der Waals surface area contributed by atoms with Gasteiger partial charge in [0.2, 0.25) is 0 Å². The molecule has 0 saturated carbocycles. The molecule has 1 N–H and O–H groups in total. The van der Waals surface area contributed by atoms with Crippen LogP contribution in [0.3, 0.4) is 0 Å². The number of rotatable bonds is 3. The Kier molecular flexibility index (Phi) is 3.64. The van der Waals surface area contributed by atoms with Gasteiger partial charge in [-0.15, -0.1) is 0 Å². The van der Waals surface area contributed by atoms with Gasteiger partial charge in [-0.3, -0.25) is 4.90 Å². The summed E-state index contributed by atoms with van der Waals surface area (Å²) in [4.78, 5) is 2.46. The largest absolute Gasteiger partial charge is 0.391 e. The van der Waals surface area contributed by atoms with Crippen LogP contribution in [0.5, 0.6) is 0 Å². The van der Waals surface area contributed by atoms with Gasteiger partial charge in [-0.2, -0.15) is 0 Å². The summed E-state index contributed by atoms with van der Waals surface area (Å²) in [6, 6.07) is 11.2. The molecule has 98 valence electrons. The number of hydrogen-bond acceptors (Lipinski definition) is 3. The average Bonchev–Trinajstić information content (AvgIpc) is 3.02. The summed E-state index contributed by atoms with van der Waals surface area (Å²) >= 11 is 0. The van der Waals surface area contributed by atoms with E-state index in [1.54, 1.807) is 0 Å². The van der Waals surface area contributed by atoms with E-state index in [1.165, 1.54) is 5.56 Å². The van der Waals surface area contributed by atoms with E-state index in [1.807, 2.05) is 6.07 Å². The molecule has 2 aliphatic heterocycles. The zero-order valence-corrected chi connectivity index (χ0v) is 10.7. The minimum Gasteiger partial charge on any atom is -0.391 e. The van der Waals surface area contributed by atoms with Crippen molar-refractivity contribution < 1.29 is 9.84 Å². The summed E-state index contributed by atoms with van der Waals surface area (Å²) in [7, 11) is 0. The maximum atomic E-state index is 10.2. The van der Waals surface area contributed by atoms with E-state index in [2.05, 4.69) is 29.2 Å². The maximum absolute atomic E-state index is 10.2. The Morgan fingerprint density at radius 1 is 1.22 bits per heavy atom. The Balaban J connectivity index is 1.71. The molecule has 0 radical (unpaired) electrons. The van der Waals surface area contributed by atoms with Gasteiger partial charge in [0.25, 0.3) is 0 Å². The fourth-order valence-electron chi connectivity index (χ4n) is 3.21. The molecule has 3 atom stereocenters. The van der Waals surface area contributed by atoms with Crippen LogP contribution in [0, 0.1) is 0 Å². The number of benzene rings is 1. The molecule has 3 rings (SSSR count). The molecule has 3 nitrogen and oxygen atoms in total. The summed E-state index contributed by atoms with van der Waals surface area (Å²) in [6.07, 6.45) is 2.76. The first-order valence-corrected chi connectivity index (χ1v) is 6.90. The van der Waals surface area contributed by atoms with Crippen molar-refractivity contribution in [3.8, 4) is 0 Å². The summed E-state index contributed by atoms with van der Waals surface area (Å²) in [5.74, 6) is 0. The van der Waals surface area contributed by atoms with Gasteiger partial charge in [0.1, 0.15) is 0 Å². The lowest BCUT2D eigenvalue weighted by Gasteiger charge is -2.30. The van der Waals surface area contributed by atoms with Crippen LogP contribution in [-0.4, -0.2) is 48.0 Å². The molecule has 0 unspecified atom stereocenters. The fraction of sp³-hybridized carbons (Fsp3) is 0.600. The number of aliphatic hydroxyl groups excluding tert-OH is 1. The monoisotopic (exact) mass is 247 g/mol. The standard InChI is InChI=1S/C15H21NO2/c17-15-6-8-16(13-7-9-18-11-13)14(15)10-12-4-2-1-3-5-12/h1-5,13-15,17H,6-11H2/t13-,14-,15-/m0/s1. The van der Waals surface area contributed by atoms with E-state index in [9.17, 15) is 5.11 Å². The molecule has 2 heterocycles. The van der Waals surface area contributed by atoms with Crippen molar-refractivity contribution in [2.24, 2.45) is 0 Å². The molecule has 0 aliphatic carbocycles. The number of ether oxygens (including phenoxy) is 1. The van der Waals surface area contributed by atoms with Gasteiger partial charge in [0, 0.05) is 25.2 Å². The van der Waals surface area contributed by atoms with Crippen molar-refractivity contribution in [2.45, 2.75) is 37.5 Å². The van der Waals surface area contributed by atoms with E-state index in [0.29, 0.717) is 6.04 Å². The summed E-state index contributed by atoms with van der Waals surface area (Å²) in [5, 5.41) is 10.2. The van der Waals surface area contributed by atoms with Crippen LogP contribution in [0.25, 0.3) is 0 Å². The van der Waals surface area contributed by atoms with Gasteiger partial charge in [-0.05, 0) is 24.8 Å². The molecule has 0 spiro atoms. The first-order chi connectivity index (χ1) is 8.84. The maximum Gasteiger partial charge on any atom is 0.0710 e. The summed E-state index contributed by atoms with van der Waals surface area (Å²) < 4.78 is 5.48. The van der Waals surface area contributed by atoms with Gasteiger partial charge in [-0.1, -0.05) is 30.3 Å². The quantitative estimate of drug-likeness (QED) is 0.877.